The van der Waals surface area contributed by atoms with Crippen molar-refractivity contribution in [1.29, 1.82) is 0 Å². The Labute approximate surface area is 123 Å². The van der Waals surface area contributed by atoms with Gasteiger partial charge in [0.15, 0.2) is 11.5 Å². The molecule has 2 atom stereocenters. The van der Waals surface area contributed by atoms with E-state index in [0.717, 1.165) is 6.42 Å². The number of amides is 1. The fraction of sp³-hybridized carbons (Fsp3) is 0.533. The Balaban J connectivity index is 1.76. The number of rotatable bonds is 2. The van der Waals surface area contributed by atoms with Gasteiger partial charge in [-0.15, -0.1) is 0 Å². The van der Waals surface area contributed by atoms with Crippen LogP contribution in [0.3, 0.4) is 0 Å². The zero-order valence-electron chi connectivity index (χ0n) is 12.1. The molecule has 1 saturated heterocycles. The SMILES string of the molecule is CC1(C(=O)Nc2ccc3c(c2)OCCCO3)COCC1N. The van der Waals surface area contributed by atoms with Crippen molar-refractivity contribution in [3.63, 3.8) is 0 Å². The molecule has 3 rings (SSSR count). The van der Waals surface area contributed by atoms with Crippen molar-refractivity contribution in [2.75, 3.05) is 31.7 Å². The summed E-state index contributed by atoms with van der Waals surface area (Å²) in [4.78, 5) is 12.4. The molecule has 0 aromatic heterocycles. The van der Waals surface area contributed by atoms with Crippen molar-refractivity contribution in [1.82, 2.24) is 0 Å². The minimum absolute atomic E-state index is 0.137. The van der Waals surface area contributed by atoms with E-state index in [1.807, 2.05) is 13.0 Å². The molecule has 0 aliphatic carbocycles. The van der Waals surface area contributed by atoms with Gasteiger partial charge < -0.3 is 25.3 Å². The maximum Gasteiger partial charge on any atom is 0.234 e. The Bertz CT molecular complexity index is 548. The van der Waals surface area contributed by atoms with E-state index < -0.39 is 5.41 Å². The minimum atomic E-state index is -0.704. The molecule has 2 unspecified atom stereocenters. The van der Waals surface area contributed by atoms with Gasteiger partial charge >= 0.3 is 0 Å². The average molecular weight is 292 g/mol. The Hall–Kier alpha value is -1.79. The Morgan fingerprint density at radius 3 is 2.81 bits per heavy atom. The lowest BCUT2D eigenvalue weighted by Crippen LogP contribution is -2.47. The van der Waals surface area contributed by atoms with Crippen LogP contribution in [0.15, 0.2) is 18.2 Å². The third kappa shape index (κ3) is 2.69. The predicted molar refractivity (Wildman–Crippen MR) is 77.6 cm³/mol. The Kier molecular flexibility index (Phi) is 3.73. The number of fused-ring (bicyclic) bond motifs is 1. The molecule has 6 nitrogen and oxygen atoms in total. The average Bonchev–Trinajstić information content (AvgIpc) is 2.69. The Morgan fingerprint density at radius 1 is 1.33 bits per heavy atom. The maximum absolute atomic E-state index is 12.4. The number of nitrogens with one attached hydrogen (secondary N) is 1. The van der Waals surface area contributed by atoms with E-state index in [1.54, 1.807) is 12.1 Å². The first kappa shape index (κ1) is 14.2. The second-order valence-electron chi connectivity index (χ2n) is 5.71. The number of carbonyl (C=O) groups excluding carboxylic acids is 1. The smallest absolute Gasteiger partial charge is 0.234 e. The quantitative estimate of drug-likeness (QED) is 0.854. The van der Waals surface area contributed by atoms with Gasteiger partial charge in [-0.1, -0.05) is 0 Å². The van der Waals surface area contributed by atoms with Crippen LogP contribution >= 0.6 is 0 Å². The second kappa shape index (κ2) is 5.54. The van der Waals surface area contributed by atoms with E-state index >= 15 is 0 Å². The van der Waals surface area contributed by atoms with E-state index in [9.17, 15) is 4.79 Å². The summed E-state index contributed by atoms with van der Waals surface area (Å²) in [7, 11) is 0. The molecule has 0 bridgehead atoms. The molecule has 0 spiro atoms. The fourth-order valence-corrected chi connectivity index (χ4v) is 2.44. The van der Waals surface area contributed by atoms with Gasteiger partial charge in [-0.25, -0.2) is 0 Å². The molecule has 21 heavy (non-hydrogen) atoms. The van der Waals surface area contributed by atoms with Gasteiger partial charge in [-0.05, 0) is 19.1 Å². The lowest BCUT2D eigenvalue weighted by Gasteiger charge is -2.25. The molecular formula is C15H20N2O4. The summed E-state index contributed by atoms with van der Waals surface area (Å²) in [5, 5.41) is 2.89. The number of hydrogen-bond donors (Lipinski definition) is 2. The molecule has 2 heterocycles. The van der Waals surface area contributed by atoms with Gasteiger partial charge in [0.25, 0.3) is 0 Å². The zero-order chi connectivity index (χ0) is 14.9. The summed E-state index contributed by atoms with van der Waals surface area (Å²) in [5.41, 5.74) is 5.94. The van der Waals surface area contributed by atoms with Crippen LogP contribution in [0.4, 0.5) is 5.69 Å². The van der Waals surface area contributed by atoms with Crippen LogP contribution in [-0.2, 0) is 9.53 Å². The van der Waals surface area contributed by atoms with E-state index in [4.69, 9.17) is 19.9 Å². The molecule has 3 N–H and O–H groups in total. The van der Waals surface area contributed by atoms with E-state index in [-0.39, 0.29) is 11.9 Å². The number of carbonyl (C=O) groups is 1. The van der Waals surface area contributed by atoms with Crippen LogP contribution in [0.1, 0.15) is 13.3 Å². The van der Waals surface area contributed by atoms with E-state index in [2.05, 4.69) is 5.32 Å². The highest BCUT2D eigenvalue weighted by Crippen LogP contribution is 2.34. The molecule has 1 aromatic rings. The minimum Gasteiger partial charge on any atom is -0.490 e. The largest absolute Gasteiger partial charge is 0.490 e. The van der Waals surface area contributed by atoms with Crippen molar-refractivity contribution in [3.8, 4) is 11.5 Å². The normalized spacial score (nSPS) is 28.0. The third-order valence-electron chi connectivity index (χ3n) is 4.04. The lowest BCUT2D eigenvalue weighted by atomic mass is 9.85. The molecular weight excluding hydrogens is 272 g/mol. The number of ether oxygens (including phenoxy) is 3. The summed E-state index contributed by atoms with van der Waals surface area (Å²) < 4.78 is 16.5. The molecule has 114 valence electrons. The standard InChI is InChI=1S/C15H20N2O4/c1-15(9-19-8-13(15)16)14(18)17-10-3-4-11-12(7-10)21-6-2-5-20-11/h3-4,7,13H,2,5-6,8-9,16H2,1H3,(H,17,18). The lowest BCUT2D eigenvalue weighted by molar-refractivity contribution is -0.125. The maximum atomic E-state index is 12.4. The first-order valence-corrected chi connectivity index (χ1v) is 7.14. The monoisotopic (exact) mass is 292 g/mol. The molecule has 1 fully saturated rings. The van der Waals surface area contributed by atoms with Crippen molar-refractivity contribution in [3.05, 3.63) is 18.2 Å². The highest BCUT2D eigenvalue weighted by Gasteiger charge is 2.44. The van der Waals surface area contributed by atoms with Crippen LogP contribution in [0, 0.1) is 5.41 Å². The van der Waals surface area contributed by atoms with Gasteiger partial charge in [0.1, 0.15) is 0 Å². The molecule has 6 heteroatoms. The van der Waals surface area contributed by atoms with Crippen molar-refractivity contribution in [2.45, 2.75) is 19.4 Å². The fourth-order valence-electron chi connectivity index (χ4n) is 2.44. The van der Waals surface area contributed by atoms with Crippen LogP contribution < -0.4 is 20.5 Å². The molecule has 2 aliphatic rings. The summed E-state index contributed by atoms with van der Waals surface area (Å²) in [6, 6.07) is 5.10. The highest BCUT2D eigenvalue weighted by molar-refractivity contribution is 5.96. The number of nitrogens with two attached hydrogens (primary N) is 1. The number of benzene rings is 1. The summed E-state index contributed by atoms with van der Waals surface area (Å²) in [6.07, 6.45) is 0.848. The van der Waals surface area contributed by atoms with Gasteiger partial charge in [0, 0.05) is 24.2 Å². The van der Waals surface area contributed by atoms with Crippen LogP contribution in [0.2, 0.25) is 0 Å². The second-order valence-corrected chi connectivity index (χ2v) is 5.71. The number of hydrogen-bond acceptors (Lipinski definition) is 5. The first-order chi connectivity index (χ1) is 10.1. The Morgan fingerprint density at radius 2 is 2.10 bits per heavy atom. The van der Waals surface area contributed by atoms with Gasteiger partial charge in [0.2, 0.25) is 5.91 Å². The van der Waals surface area contributed by atoms with Crippen LogP contribution in [-0.4, -0.2) is 38.4 Å². The van der Waals surface area contributed by atoms with Crippen molar-refractivity contribution < 1.29 is 19.0 Å². The molecule has 1 aromatic carbocycles. The summed E-state index contributed by atoms with van der Waals surface area (Å²) in [6.45, 7) is 3.82. The van der Waals surface area contributed by atoms with Crippen LogP contribution in [0.5, 0.6) is 11.5 Å². The summed E-state index contributed by atoms with van der Waals surface area (Å²) >= 11 is 0. The van der Waals surface area contributed by atoms with E-state index in [1.165, 1.54) is 0 Å². The van der Waals surface area contributed by atoms with E-state index in [0.29, 0.717) is 43.6 Å². The van der Waals surface area contributed by atoms with Crippen molar-refractivity contribution in [2.24, 2.45) is 11.1 Å². The van der Waals surface area contributed by atoms with Gasteiger partial charge in [-0.3, -0.25) is 4.79 Å². The molecule has 2 aliphatic heterocycles. The molecule has 1 amide bonds. The molecule has 0 radical (unpaired) electrons. The third-order valence-corrected chi connectivity index (χ3v) is 4.04. The van der Waals surface area contributed by atoms with Crippen molar-refractivity contribution >= 4 is 11.6 Å². The summed E-state index contributed by atoms with van der Waals surface area (Å²) in [5.74, 6) is 1.22. The van der Waals surface area contributed by atoms with Gasteiger partial charge in [-0.2, -0.15) is 0 Å². The highest BCUT2D eigenvalue weighted by atomic mass is 16.5. The number of anilines is 1. The van der Waals surface area contributed by atoms with Gasteiger partial charge in [0.05, 0.1) is 31.8 Å². The van der Waals surface area contributed by atoms with Crippen LogP contribution in [0.25, 0.3) is 0 Å². The zero-order valence-corrected chi connectivity index (χ0v) is 12.1. The predicted octanol–water partition coefficient (Wildman–Crippen LogP) is 1.15. The topological polar surface area (TPSA) is 82.8 Å². The first-order valence-electron chi connectivity index (χ1n) is 7.14. The molecule has 0 saturated carbocycles.